The molecule has 1 heterocycles. The number of nitrogens with one attached hydrogen (secondary N) is 2. The van der Waals surface area contributed by atoms with Gasteiger partial charge in [-0.1, -0.05) is 24.3 Å². The minimum Gasteiger partial charge on any atom is -0.460 e. The molecular weight excluding hydrogens is 460 g/mol. The molecule has 1 saturated heterocycles. The van der Waals surface area contributed by atoms with Crippen LogP contribution < -0.4 is 11.1 Å². The third kappa shape index (κ3) is 7.06. The lowest BCUT2D eigenvalue weighted by Gasteiger charge is -2.24. The van der Waals surface area contributed by atoms with Crippen LogP contribution in [0.1, 0.15) is 54.0 Å². The van der Waals surface area contributed by atoms with Gasteiger partial charge in [-0.15, -0.1) is 0 Å². The zero-order chi connectivity index (χ0) is 25.4. The number of carbonyl (C=O) groups is 2. The van der Waals surface area contributed by atoms with Crippen molar-refractivity contribution in [1.82, 2.24) is 5.32 Å². The highest BCUT2D eigenvalue weighted by molar-refractivity contribution is 5.94. The fraction of sp³-hybridized carbons (Fsp3) is 0.400. The van der Waals surface area contributed by atoms with E-state index in [1.165, 1.54) is 12.1 Å². The average Bonchev–Trinajstić information content (AvgIpc) is 2.85. The Kier molecular flexibility index (Phi) is 9.27. The third-order valence-electron chi connectivity index (χ3n) is 5.70. The molecule has 0 spiro atoms. The molecule has 0 saturated carbocycles. The minimum atomic E-state index is -1.56. The van der Waals surface area contributed by atoms with Crippen molar-refractivity contribution in [2.24, 2.45) is 5.73 Å². The van der Waals surface area contributed by atoms with Crippen molar-refractivity contribution in [3.05, 3.63) is 70.3 Å². The van der Waals surface area contributed by atoms with Gasteiger partial charge < -0.3 is 25.3 Å². The number of nitrogen functional groups attached to an aromatic ring is 1. The van der Waals surface area contributed by atoms with E-state index in [2.05, 4.69) is 5.32 Å². The van der Waals surface area contributed by atoms with E-state index in [9.17, 15) is 18.4 Å². The average molecular weight is 490 g/mol. The number of halogens is 2. The molecule has 1 aliphatic rings. The van der Waals surface area contributed by atoms with Crippen LogP contribution in [0.4, 0.5) is 8.78 Å². The molecule has 0 aromatic heterocycles. The van der Waals surface area contributed by atoms with Gasteiger partial charge in [0, 0.05) is 25.4 Å². The number of nitrogens with two attached hydrogens (primary N) is 1. The van der Waals surface area contributed by atoms with Gasteiger partial charge in [-0.25, -0.2) is 8.78 Å². The molecule has 1 atom stereocenters. The summed E-state index contributed by atoms with van der Waals surface area (Å²) < 4.78 is 45.6. The Morgan fingerprint density at radius 2 is 1.80 bits per heavy atom. The summed E-state index contributed by atoms with van der Waals surface area (Å²) in [6.07, 6.45) is -0.233. The second-order valence-electron chi connectivity index (χ2n) is 8.11. The minimum absolute atomic E-state index is 0.0189. The van der Waals surface area contributed by atoms with Crippen LogP contribution in [0, 0.1) is 17.0 Å². The molecule has 1 unspecified atom stereocenters. The maximum atomic E-state index is 14.9. The van der Waals surface area contributed by atoms with Crippen LogP contribution in [-0.4, -0.2) is 44.1 Å². The van der Waals surface area contributed by atoms with Gasteiger partial charge >= 0.3 is 5.97 Å². The number of amidine groups is 1. The van der Waals surface area contributed by atoms with Crippen molar-refractivity contribution in [2.45, 2.75) is 38.4 Å². The molecule has 8 nitrogen and oxygen atoms in total. The summed E-state index contributed by atoms with van der Waals surface area (Å²) in [6, 6.07) is 9.03. The Labute approximate surface area is 202 Å². The first-order valence-corrected chi connectivity index (χ1v) is 11.3. The molecule has 1 aliphatic heterocycles. The van der Waals surface area contributed by atoms with E-state index in [-0.39, 0.29) is 25.0 Å². The van der Waals surface area contributed by atoms with Gasteiger partial charge in [-0.3, -0.25) is 15.0 Å². The Hall–Kier alpha value is -3.37. The SMILES string of the molecule is CCOC(C(=O)NCC(=O)OCc1ccc(C(=N)N)cc1)c1c(F)cc(C2CCOCC2)cc1F. The molecule has 188 valence electrons. The van der Waals surface area contributed by atoms with Crippen molar-refractivity contribution in [3.63, 3.8) is 0 Å². The van der Waals surface area contributed by atoms with Crippen molar-refractivity contribution in [2.75, 3.05) is 26.4 Å². The summed E-state index contributed by atoms with van der Waals surface area (Å²) in [6.45, 7) is 2.12. The highest BCUT2D eigenvalue weighted by Crippen LogP contribution is 2.32. The number of ether oxygens (including phenoxy) is 3. The van der Waals surface area contributed by atoms with Crippen LogP contribution in [0.25, 0.3) is 0 Å². The Balaban J connectivity index is 1.60. The Morgan fingerprint density at radius 3 is 2.37 bits per heavy atom. The number of rotatable bonds is 10. The monoisotopic (exact) mass is 489 g/mol. The van der Waals surface area contributed by atoms with E-state index in [1.54, 1.807) is 31.2 Å². The first-order valence-electron chi connectivity index (χ1n) is 11.3. The zero-order valence-corrected chi connectivity index (χ0v) is 19.4. The van der Waals surface area contributed by atoms with Gasteiger partial charge in [-0.2, -0.15) is 0 Å². The van der Waals surface area contributed by atoms with Gasteiger partial charge in [0.2, 0.25) is 0 Å². The summed E-state index contributed by atoms with van der Waals surface area (Å²) in [5.74, 6) is -3.44. The summed E-state index contributed by atoms with van der Waals surface area (Å²) in [4.78, 5) is 24.8. The number of hydrogen-bond acceptors (Lipinski definition) is 6. The second-order valence-corrected chi connectivity index (χ2v) is 8.11. The summed E-state index contributed by atoms with van der Waals surface area (Å²) >= 11 is 0. The molecule has 4 N–H and O–H groups in total. The van der Waals surface area contributed by atoms with Crippen LogP contribution in [0.3, 0.4) is 0 Å². The molecule has 0 aliphatic carbocycles. The highest BCUT2D eigenvalue weighted by atomic mass is 19.1. The Morgan fingerprint density at radius 1 is 1.17 bits per heavy atom. The fourth-order valence-electron chi connectivity index (χ4n) is 3.83. The molecular formula is C25H29F2N3O5. The smallest absolute Gasteiger partial charge is 0.325 e. The molecule has 3 rings (SSSR count). The number of benzene rings is 2. The zero-order valence-electron chi connectivity index (χ0n) is 19.4. The first kappa shape index (κ1) is 26.2. The van der Waals surface area contributed by atoms with E-state index in [0.29, 0.717) is 42.7 Å². The van der Waals surface area contributed by atoms with Gasteiger partial charge in [-0.05, 0) is 48.9 Å². The molecule has 1 fully saturated rings. The third-order valence-corrected chi connectivity index (χ3v) is 5.70. The topological polar surface area (TPSA) is 124 Å². The molecule has 10 heteroatoms. The maximum Gasteiger partial charge on any atom is 0.325 e. The fourth-order valence-corrected chi connectivity index (χ4v) is 3.83. The summed E-state index contributed by atoms with van der Waals surface area (Å²) in [5.41, 5.74) is 6.61. The number of amides is 1. The molecule has 0 bridgehead atoms. The van der Waals surface area contributed by atoms with Crippen molar-refractivity contribution < 1.29 is 32.6 Å². The van der Waals surface area contributed by atoms with E-state index >= 15 is 0 Å². The number of hydrogen-bond donors (Lipinski definition) is 3. The van der Waals surface area contributed by atoms with E-state index < -0.39 is 41.7 Å². The van der Waals surface area contributed by atoms with Crippen molar-refractivity contribution in [3.8, 4) is 0 Å². The van der Waals surface area contributed by atoms with Crippen LogP contribution in [0.5, 0.6) is 0 Å². The largest absolute Gasteiger partial charge is 0.460 e. The maximum absolute atomic E-state index is 14.9. The quantitative estimate of drug-likeness (QED) is 0.268. The van der Waals surface area contributed by atoms with E-state index in [4.69, 9.17) is 25.4 Å². The molecule has 0 radical (unpaired) electrons. The summed E-state index contributed by atoms with van der Waals surface area (Å²) in [5, 5.41) is 9.70. The molecule has 2 aromatic rings. The van der Waals surface area contributed by atoms with E-state index in [1.807, 2.05) is 0 Å². The molecule has 35 heavy (non-hydrogen) atoms. The first-order chi connectivity index (χ1) is 16.8. The number of esters is 1. The van der Waals surface area contributed by atoms with Gasteiger partial charge in [0.1, 0.15) is 30.6 Å². The van der Waals surface area contributed by atoms with Crippen LogP contribution in [-0.2, 0) is 30.4 Å². The van der Waals surface area contributed by atoms with Crippen LogP contribution >= 0.6 is 0 Å². The van der Waals surface area contributed by atoms with Gasteiger partial charge in [0.25, 0.3) is 5.91 Å². The van der Waals surface area contributed by atoms with Crippen LogP contribution in [0.15, 0.2) is 36.4 Å². The predicted molar refractivity (Wildman–Crippen MR) is 124 cm³/mol. The second kappa shape index (κ2) is 12.4. The lowest BCUT2D eigenvalue weighted by molar-refractivity contribution is -0.146. The lowest BCUT2D eigenvalue weighted by Crippen LogP contribution is -2.36. The standard InChI is InChI=1S/C25H29F2N3O5/c1-2-34-23(22-19(26)11-18(12-20(22)27)16-7-9-33-10-8-16)25(32)30-13-21(31)35-14-15-3-5-17(6-4-15)24(28)29/h3-6,11-12,16,23H,2,7-10,13-14H2,1H3,(H3,28,29)(H,30,32). The van der Waals surface area contributed by atoms with Crippen molar-refractivity contribution >= 4 is 17.7 Å². The highest BCUT2D eigenvalue weighted by Gasteiger charge is 2.30. The lowest BCUT2D eigenvalue weighted by atomic mass is 9.90. The van der Waals surface area contributed by atoms with Crippen LogP contribution in [0.2, 0.25) is 0 Å². The van der Waals surface area contributed by atoms with Gasteiger partial charge in [0.05, 0.1) is 5.56 Å². The Bertz CT molecular complexity index is 1030. The normalized spacial score (nSPS) is 14.8. The van der Waals surface area contributed by atoms with Crippen molar-refractivity contribution in [1.29, 1.82) is 5.41 Å². The number of carbonyl (C=O) groups excluding carboxylic acids is 2. The summed E-state index contributed by atoms with van der Waals surface area (Å²) in [7, 11) is 0. The molecule has 1 amide bonds. The van der Waals surface area contributed by atoms with Gasteiger partial charge in [0.15, 0.2) is 6.10 Å². The predicted octanol–water partition coefficient (Wildman–Crippen LogP) is 3.08. The molecule has 2 aromatic carbocycles. The van der Waals surface area contributed by atoms with E-state index in [0.717, 1.165) is 0 Å².